The average molecular weight is 377 g/mol. The van der Waals surface area contributed by atoms with E-state index in [4.69, 9.17) is 4.74 Å². The number of hydrogen-bond acceptors (Lipinski definition) is 4. The normalized spacial score (nSPS) is 15.5. The number of carbonyl (C=O) groups is 2. The van der Waals surface area contributed by atoms with Crippen LogP contribution in [0.3, 0.4) is 0 Å². The highest BCUT2D eigenvalue weighted by molar-refractivity contribution is 6.24. The quantitative estimate of drug-likeness (QED) is 0.638. The summed E-state index contributed by atoms with van der Waals surface area (Å²) in [6, 6.07) is 12.4. The lowest BCUT2D eigenvalue weighted by molar-refractivity contribution is -0.138. The van der Waals surface area contributed by atoms with E-state index in [9.17, 15) is 14.7 Å². The molecule has 2 aromatic rings. The molecule has 1 N–H and O–H groups in total. The van der Waals surface area contributed by atoms with Crippen molar-refractivity contribution in [2.75, 3.05) is 11.5 Å². The molecule has 0 bridgehead atoms. The van der Waals surface area contributed by atoms with Crippen molar-refractivity contribution in [2.45, 2.75) is 27.7 Å². The van der Waals surface area contributed by atoms with Gasteiger partial charge in [-0.25, -0.2) is 4.79 Å². The van der Waals surface area contributed by atoms with Gasteiger partial charge in [-0.3, -0.25) is 9.69 Å². The van der Waals surface area contributed by atoms with Crippen LogP contribution in [0.1, 0.15) is 30.5 Å². The maximum absolute atomic E-state index is 13.3. The van der Waals surface area contributed by atoms with E-state index in [1.807, 2.05) is 32.0 Å². The summed E-state index contributed by atoms with van der Waals surface area (Å²) in [7, 11) is 0. The smallest absolute Gasteiger partial charge is 0.340 e. The predicted molar refractivity (Wildman–Crippen MR) is 109 cm³/mol. The molecule has 0 fully saturated rings. The fourth-order valence-corrected chi connectivity index (χ4v) is 3.22. The van der Waals surface area contributed by atoms with E-state index in [-0.39, 0.29) is 29.4 Å². The number of aryl methyl sites for hydroxylation is 2. The topological polar surface area (TPSA) is 66.8 Å². The van der Waals surface area contributed by atoms with Gasteiger partial charge in [0, 0.05) is 16.9 Å². The summed E-state index contributed by atoms with van der Waals surface area (Å²) in [5.74, 6) is -0.846. The van der Waals surface area contributed by atoms with Crippen LogP contribution in [0, 0.1) is 13.8 Å². The minimum absolute atomic E-state index is 0.0355. The molecule has 2 aromatic carbocycles. The van der Waals surface area contributed by atoms with Gasteiger partial charge in [0.25, 0.3) is 5.91 Å². The fraction of sp³-hybridized carbons (Fsp3) is 0.217. The van der Waals surface area contributed by atoms with E-state index in [0.717, 1.165) is 11.1 Å². The van der Waals surface area contributed by atoms with E-state index in [2.05, 4.69) is 0 Å². The average Bonchev–Trinajstić information content (AvgIpc) is 2.90. The lowest BCUT2D eigenvalue weighted by Gasteiger charge is -2.19. The van der Waals surface area contributed by atoms with Crippen LogP contribution in [-0.4, -0.2) is 23.6 Å². The zero-order valence-electron chi connectivity index (χ0n) is 16.4. The third-order valence-electron chi connectivity index (χ3n) is 4.86. The molecule has 0 radical (unpaired) electrons. The number of hydrogen-bond donors (Lipinski definition) is 1. The monoisotopic (exact) mass is 377 g/mol. The maximum Gasteiger partial charge on any atom is 0.340 e. The highest BCUT2D eigenvalue weighted by atomic mass is 16.5. The first kappa shape index (κ1) is 19.4. The van der Waals surface area contributed by atoms with Crippen LogP contribution in [0.4, 0.5) is 5.69 Å². The molecule has 1 aliphatic heterocycles. The number of para-hydroxylation sites is 1. The Morgan fingerprint density at radius 2 is 1.82 bits per heavy atom. The lowest BCUT2D eigenvalue weighted by atomic mass is 10.0. The second-order valence-electron chi connectivity index (χ2n) is 6.71. The van der Waals surface area contributed by atoms with Gasteiger partial charge < -0.3 is 9.84 Å². The van der Waals surface area contributed by atoms with Crippen molar-refractivity contribution in [3.05, 3.63) is 76.0 Å². The summed E-state index contributed by atoms with van der Waals surface area (Å²) in [5, 5.41) is 10.1. The van der Waals surface area contributed by atoms with Gasteiger partial charge in [0.15, 0.2) is 0 Å². The number of rotatable bonds is 4. The summed E-state index contributed by atoms with van der Waals surface area (Å²) in [5.41, 5.74) is 4.24. The number of anilines is 1. The minimum atomic E-state index is -0.554. The first-order chi connectivity index (χ1) is 13.3. The molecule has 1 aliphatic rings. The molecule has 0 spiro atoms. The Labute approximate surface area is 164 Å². The van der Waals surface area contributed by atoms with Crippen molar-refractivity contribution >= 4 is 23.6 Å². The van der Waals surface area contributed by atoms with E-state index in [1.54, 1.807) is 32.0 Å². The van der Waals surface area contributed by atoms with Crippen LogP contribution in [0.25, 0.3) is 6.08 Å². The lowest BCUT2D eigenvalue weighted by Crippen LogP contribution is -2.24. The Morgan fingerprint density at radius 1 is 1.11 bits per heavy atom. The van der Waals surface area contributed by atoms with E-state index < -0.39 is 5.97 Å². The summed E-state index contributed by atoms with van der Waals surface area (Å²) >= 11 is 0. The number of phenols is 1. The Bertz CT molecular complexity index is 1020. The zero-order valence-corrected chi connectivity index (χ0v) is 16.4. The Balaban J connectivity index is 2.17. The minimum Gasteiger partial charge on any atom is -0.507 e. The molecule has 3 rings (SSSR count). The maximum atomic E-state index is 13.3. The molecular formula is C23H23NO4. The fourth-order valence-electron chi connectivity index (χ4n) is 3.22. The number of carbonyl (C=O) groups excluding carboxylic acids is 2. The molecule has 0 atom stereocenters. The van der Waals surface area contributed by atoms with Crippen LogP contribution in [0.2, 0.25) is 0 Å². The molecule has 1 heterocycles. The number of nitrogens with zero attached hydrogens (tertiary/aromatic N) is 1. The second kappa shape index (κ2) is 7.72. The zero-order chi connectivity index (χ0) is 20.4. The van der Waals surface area contributed by atoms with Gasteiger partial charge in [-0.2, -0.15) is 0 Å². The van der Waals surface area contributed by atoms with Crippen molar-refractivity contribution in [1.82, 2.24) is 0 Å². The molecule has 0 saturated carbocycles. The molecule has 5 nitrogen and oxygen atoms in total. The van der Waals surface area contributed by atoms with Gasteiger partial charge >= 0.3 is 5.97 Å². The summed E-state index contributed by atoms with van der Waals surface area (Å²) in [6.45, 7) is 7.63. The molecule has 0 unspecified atom stereocenters. The van der Waals surface area contributed by atoms with E-state index in [0.29, 0.717) is 16.9 Å². The number of phenolic OH excluding ortho intramolecular Hbond substituents is 1. The first-order valence-corrected chi connectivity index (χ1v) is 9.15. The molecule has 0 aliphatic carbocycles. The Hall–Kier alpha value is -3.34. The van der Waals surface area contributed by atoms with Crippen LogP contribution in [0.5, 0.6) is 5.75 Å². The SMILES string of the molecule is CCOC(=O)C1=C(C)N(c2ccc(C)c(C)c2)C(=O)/C1=C\c1ccccc1O. The largest absolute Gasteiger partial charge is 0.507 e. The molecule has 5 heteroatoms. The van der Waals surface area contributed by atoms with Gasteiger partial charge in [-0.15, -0.1) is 0 Å². The van der Waals surface area contributed by atoms with E-state index >= 15 is 0 Å². The summed E-state index contributed by atoms with van der Waals surface area (Å²) in [6.07, 6.45) is 1.54. The highest BCUT2D eigenvalue weighted by Gasteiger charge is 2.38. The first-order valence-electron chi connectivity index (χ1n) is 9.15. The van der Waals surface area contributed by atoms with Gasteiger partial charge in [0.1, 0.15) is 5.75 Å². The van der Waals surface area contributed by atoms with Crippen molar-refractivity contribution in [3.8, 4) is 5.75 Å². The number of allylic oxidation sites excluding steroid dienone is 1. The Kier molecular flexibility index (Phi) is 5.36. The molecule has 144 valence electrons. The van der Waals surface area contributed by atoms with Crippen LogP contribution in [0.15, 0.2) is 59.3 Å². The van der Waals surface area contributed by atoms with Crippen LogP contribution >= 0.6 is 0 Å². The van der Waals surface area contributed by atoms with Gasteiger partial charge in [0.2, 0.25) is 0 Å². The van der Waals surface area contributed by atoms with Gasteiger partial charge in [0.05, 0.1) is 17.8 Å². The number of esters is 1. The molecule has 0 saturated heterocycles. The van der Waals surface area contributed by atoms with Crippen LogP contribution in [-0.2, 0) is 14.3 Å². The number of benzene rings is 2. The Morgan fingerprint density at radius 3 is 2.46 bits per heavy atom. The predicted octanol–water partition coefficient (Wildman–Crippen LogP) is 4.28. The highest BCUT2D eigenvalue weighted by Crippen LogP contribution is 2.36. The second-order valence-corrected chi connectivity index (χ2v) is 6.71. The van der Waals surface area contributed by atoms with Crippen LogP contribution < -0.4 is 4.90 Å². The number of aromatic hydroxyl groups is 1. The molecule has 28 heavy (non-hydrogen) atoms. The molecule has 1 amide bonds. The summed E-state index contributed by atoms with van der Waals surface area (Å²) in [4.78, 5) is 27.4. The van der Waals surface area contributed by atoms with Gasteiger partial charge in [-0.05, 0) is 63.1 Å². The summed E-state index contributed by atoms with van der Waals surface area (Å²) < 4.78 is 5.19. The number of amides is 1. The van der Waals surface area contributed by atoms with Crippen molar-refractivity contribution in [1.29, 1.82) is 0 Å². The van der Waals surface area contributed by atoms with Crippen molar-refractivity contribution < 1.29 is 19.4 Å². The molecular weight excluding hydrogens is 354 g/mol. The molecule has 0 aromatic heterocycles. The van der Waals surface area contributed by atoms with Gasteiger partial charge in [-0.1, -0.05) is 24.3 Å². The third-order valence-corrected chi connectivity index (χ3v) is 4.86. The third kappa shape index (κ3) is 3.43. The van der Waals surface area contributed by atoms with Crippen molar-refractivity contribution in [3.63, 3.8) is 0 Å². The standard InChI is InChI=1S/C23H23NO4/c1-5-28-23(27)21-16(4)24(18-11-10-14(2)15(3)12-18)22(26)19(21)13-17-8-6-7-9-20(17)25/h6-13,25H,5H2,1-4H3/b19-13-. The van der Waals surface area contributed by atoms with E-state index in [1.165, 1.54) is 17.0 Å². The number of ether oxygens (including phenoxy) is 1. The van der Waals surface area contributed by atoms with Crippen molar-refractivity contribution in [2.24, 2.45) is 0 Å².